The predicted octanol–water partition coefficient (Wildman–Crippen LogP) is 3.16. The number of hydrogen-bond donors (Lipinski definition) is 2. The van der Waals surface area contributed by atoms with Crippen LogP contribution in [0.15, 0.2) is 24.3 Å². The molecule has 0 radical (unpaired) electrons. The van der Waals surface area contributed by atoms with Gasteiger partial charge in [0.05, 0.1) is 12.3 Å². The number of thiazole rings is 1. The van der Waals surface area contributed by atoms with E-state index in [1.54, 1.807) is 13.8 Å². The van der Waals surface area contributed by atoms with Crippen LogP contribution in [-0.2, 0) is 11.3 Å². The summed E-state index contributed by atoms with van der Waals surface area (Å²) >= 11 is 1.08. The molecular weight excluding hydrogens is 368 g/mol. The summed E-state index contributed by atoms with van der Waals surface area (Å²) in [5, 5.41) is 10.1. The highest BCUT2D eigenvalue weighted by molar-refractivity contribution is 7.17. The van der Waals surface area contributed by atoms with E-state index in [9.17, 15) is 9.59 Å². The van der Waals surface area contributed by atoms with Gasteiger partial charge in [0.2, 0.25) is 0 Å². The van der Waals surface area contributed by atoms with E-state index in [0.717, 1.165) is 22.6 Å². The minimum atomic E-state index is -0.447. The maximum absolute atomic E-state index is 12.7. The molecule has 0 unspecified atom stereocenters. The van der Waals surface area contributed by atoms with E-state index in [1.165, 1.54) is 0 Å². The molecule has 9 heteroatoms. The molecule has 0 atom stereocenters. The minimum Gasteiger partial charge on any atom is -0.488 e. The van der Waals surface area contributed by atoms with Crippen molar-refractivity contribution in [2.24, 2.45) is 0 Å². The fourth-order valence-corrected chi connectivity index (χ4v) is 3.71. The van der Waals surface area contributed by atoms with Gasteiger partial charge >= 0.3 is 5.97 Å². The number of benzene rings is 1. The molecule has 1 aliphatic heterocycles. The van der Waals surface area contributed by atoms with Gasteiger partial charge in [-0.05, 0) is 26.0 Å². The Morgan fingerprint density at radius 1 is 1.37 bits per heavy atom. The molecule has 1 aliphatic rings. The van der Waals surface area contributed by atoms with Gasteiger partial charge < -0.3 is 9.47 Å². The summed E-state index contributed by atoms with van der Waals surface area (Å²) in [5.41, 5.74) is 3.04. The Balaban J connectivity index is 1.58. The molecular formula is C18H16N4O4S. The van der Waals surface area contributed by atoms with Crippen LogP contribution in [0.25, 0.3) is 11.3 Å². The second-order valence-electron chi connectivity index (χ2n) is 5.82. The fourth-order valence-electron chi connectivity index (χ4n) is 2.85. The number of aromatic amines is 1. The molecule has 3 aromatic rings. The number of ether oxygens (including phenoxy) is 2. The van der Waals surface area contributed by atoms with Crippen molar-refractivity contribution in [3.8, 4) is 17.0 Å². The SMILES string of the molecule is CCOC(=O)c1sc(NC(=O)c2[nH]nc3c2COc2ccccc2-3)nc1C. The van der Waals surface area contributed by atoms with E-state index in [2.05, 4.69) is 20.5 Å². The number of para-hydroxylation sites is 1. The van der Waals surface area contributed by atoms with Crippen molar-refractivity contribution in [1.29, 1.82) is 0 Å². The standard InChI is InChI=1S/C18H16N4O4S/c1-3-25-17(24)15-9(2)19-18(27-15)20-16(23)14-11-8-26-12-7-5-4-6-10(12)13(11)21-22-14/h4-7H,3,8H2,1-2H3,(H,21,22)(H,19,20,23). The third-order valence-electron chi connectivity index (χ3n) is 4.09. The molecule has 1 aromatic carbocycles. The lowest BCUT2D eigenvalue weighted by Crippen LogP contribution is -2.16. The minimum absolute atomic E-state index is 0.247. The smallest absolute Gasteiger partial charge is 0.350 e. The number of amides is 1. The maximum atomic E-state index is 12.7. The molecule has 3 heterocycles. The molecule has 0 bridgehead atoms. The van der Waals surface area contributed by atoms with Crippen LogP contribution in [0.5, 0.6) is 5.75 Å². The molecule has 2 aromatic heterocycles. The number of carbonyl (C=O) groups is 2. The number of rotatable bonds is 4. The van der Waals surface area contributed by atoms with Crippen LogP contribution in [0, 0.1) is 6.92 Å². The second-order valence-corrected chi connectivity index (χ2v) is 6.82. The molecule has 2 N–H and O–H groups in total. The first-order chi connectivity index (χ1) is 13.1. The maximum Gasteiger partial charge on any atom is 0.350 e. The van der Waals surface area contributed by atoms with Crippen molar-refractivity contribution >= 4 is 28.3 Å². The van der Waals surface area contributed by atoms with Crippen molar-refractivity contribution in [2.75, 3.05) is 11.9 Å². The van der Waals surface area contributed by atoms with Crippen LogP contribution >= 0.6 is 11.3 Å². The average Bonchev–Trinajstić information content (AvgIpc) is 3.25. The Bertz CT molecular complexity index is 1040. The number of anilines is 1. The third-order valence-corrected chi connectivity index (χ3v) is 5.14. The van der Waals surface area contributed by atoms with E-state index >= 15 is 0 Å². The lowest BCUT2D eigenvalue weighted by atomic mass is 10.0. The topological polar surface area (TPSA) is 106 Å². The van der Waals surface area contributed by atoms with Gasteiger partial charge in [0.25, 0.3) is 5.91 Å². The molecule has 4 rings (SSSR count). The summed E-state index contributed by atoms with van der Waals surface area (Å²) in [7, 11) is 0. The number of H-pyrrole nitrogens is 1. The Hall–Kier alpha value is -3.20. The van der Waals surface area contributed by atoms with Crippen molar-refractivity contribution in [2.45, 2.75) is 20.5 Å². The van der Waals surface area contributed by atoms with Crippen molar-refractivity contribution in [3.05, 3.63) is 46.1 Å². The number of carbonyl (C=O) groups excluding carboxylic acids is 2. The van der Waals surface area contributed by atoms with Gasteiger partial charge in [-0.15, -0.1) is 0 Å². The van der Waals surface area contributed by atoms with Gasteiger partial charge in [0, 0.05) is 11.1 Å². The molecule has 0 saturated carbocycles. The number of aryl methyl sites for hydroxylation is 1. The molecule has 27 heavy (non-hydrogen) atoms. The van der Waals surface area contributed by atoms with Crippen LogP contribution in [0.3, 0.4) is 0 Å². The lowest BCUT2D eigenvalue weighted by molar-refractivity contribution is 0.0531. The number of hydrogen-bond acceptors (Lipinski definition) is 7. The monoisotopic (exact) mass is 384 g/mol. The van der Waals surface area contributed by atoms with E-state index in [4.69, 9.17) is 9.47 Å². The summed E-state index contributed by atoms with van der Waals surface area (Å²) in [6.07, 6.45) is 0. The van der Waals surface area contributed by atoms with Crippen LogP contribution in [0.4, 0.5) is 5.13 Å². The molecule has 138 valence electrons. The van der Waals surface area contributed by atoms with Crippen molar-refractivity contribution < 1.29 is 19.1 Å². The van der Waals surface area contributed by atoms with Crippen LogP contribution < -0.4 is 10.1 Å². The summed E-state index contributed by atoms with van der Waals surface area (Å²) < 4.78 is 10.7. The van der Waals surface area contributed by atoms with Crippen molar-refractivity contribution in [3.63, 3.8) is 0 Å². The molecule has 0 saturated heterocycles. The number of esters is 1. The normalized spacial score (nSPS) is 11.9. The number of fused-ring (bicyclic) bond motifs is 3. The zero-order valence-electron chi connectivity index (χ0n) is 14.7. The largest absolute Gasteiger partial charge is 0.488 e. The number of aromatic nitrogens is 3. The summed E-state index contributed by atoms with van der Waals surface area (Å²) in [6.45, 7) is 3.95. The first kappa shape index (κ1) is 17.2. The van der Waals surface area contributed by atoms with Gasteiger partial charge in [-0.3, -0.25) is 15.2 Å². The first-order valence-corrected chi connectivity index (χ1v) is 9.15. The molecule has 8 nitrogen and oxygen atoms in total. The summed E-state index contributed by atoms with van der Waals surface area (Å²) in [4.78, 5) is 29.2. The Kier molecular flexibility index (Phi) is 4.36. The van der Waals surface area contributed by atoms with Gasteiger partial charge in [-0.25, -0.2) is 9.78 Å². The highest BCUT2D eigenvalue weighted by Crippen LogP contribution is 2.37. The van der Waals surface area contributed by atoms with E-state index < -0.39 is 11.9 Å². The Morgan fingerprint density at radius 2 is 2.19 bits per heavy atom. The van der Waals surface area contributed by atoms with Crippen LogP contribution in [0.1, 0.15) is 38.3 Å². The van der Waals surface area contributed by atoms with Gasteiger partial charge in [0.1, 0.15) is 28.6 Å². The second kappa shape index (κ2) is 6.84. The number of nitrogens with one attached hydrogen (secondary N) is 2. The zero-order valence-corrected chi connectivity index (χ0v) is 15.5. The number of nitrogens with zero attached hydrogens (tertiary/aromatic N) is 2. The first-order valence-electron chi connectivity index (χ1n) is 8.33. The van der Waals surface area contributed by atoms with Crippen LogP contribution in [-0.4, -0.2) is 33.7 Å². The van der Waals surface area contributed by atoms with E-state index in [-0.39, 0.29) is 13.2 Å². The fraction of sp³-hybridized carbons (Fsp3) is 0.222. The average molecular weight is 384 g/mol. The molecule has 0 aliphatic carbocycles. The van der Waals surface area contributed by atoms with Crippen LogP contribution in [0.2, 0.25) is 0 Å². The highest BCUT2D eigenvalue weighted by Gasteiger charge is 2.27. The molecule has 0 spiro atoms. The van der Waals surface area contributed by atoms with E-state index in [0.29, 0.717) is 32.7 Å². The summed E-state index contributed by atoms with van der Waals surface area (Å²) in [6, 6.07) is 7.53. The highest BCUT2D eigenvalue weighted by atomic mass is 32.1. The third kappa shape index (κ3) is 3.06. The molecule has 1 amide bonds. The lowest BCUT2D eigenvalue weighted by Gasteiger charge is -2.16. The van der Waals surface area contributed by atoms with Gasteiger partial charge in [0.15, 0.2) is 5.13 Å². The molecule has 0 fully saturated rings. The predicted molar refractivity (Wildman–Crippen MR) is 99.1 cm³/mol. The van der Waals surface area contributed by atoms with Gasteiger partial charge in [-0.2, -0.15) is 5.10 Å². The van der Waals surface area contributed by atoms with E-state index in [1.807, 2.05) is 24.3 Å². The quantitative estimate of drug-likeness (QED) is 0.669. The Labute approximate surface area is 158 Å². The Morgan fingerprint density at radius 3 is 3.00 bits per heavy atom. The van der Waals surface area contributed by atoms with Gasteiger partial charge in [-0.1, -0.05) is 23.5 Å². The zero-order chi connectivity index (χ0) is 19.0. The van der Waals surface area contributed by atoms with Crippen molar-refractivity contribution in [1.82, 2.24) is 15.2 Å². The summed E-state index contributed by atoms with van der Waals surface area (Å²) in [5.74, 6) is -0.106.